The molecule has 8 bridgehead atoms. The molecule has 0 saturated heterocycles. The van der Waals surface area contributed by atoms with Crippen LogP contribution >= 0.6 is 47.0 Å². The maximum Gasteiger partial charge on any atom is 0.0738 e. The van der Waals surface area contributed by atoms with Gasteiger partial charge in [0.25, 0.3) is 0 Å². The van der Waals surface area contributed by atoms with Gasteiger partial charge < -0.3 is 9.97 Å². The second-order valence-corrected chi connectivity index (χ2v) is 20.1. The number of H-pyrrole nitrogens is 2. The van der Waals surface area contributed by atoms with E-state index in [-0.39, 0.29) is 0 Å². The Balaban J connectivity index is 1.49. The molecule has 0 saturated carbocycles. The van der Waals surface area contributed by atoms with Crippen LogP contribution in [0.2, 0.25) is 0 Å². The van der Waals surface area contributed by atoms with Crippen LogP contribution in [-0.2, 0) is 0 Å². The number of thioether (sulfide) groups is 4. The molecule has 9 rings (SSSR count). The highest BCUT2D eigenvalue weighted by Crippen LogP contribution is 2.46. The van der Waals surface area contributed by atoms with Crippen molar-refractivity contribution in [3.8, 4) is 44.5 Å². The minimum Gasteiger partial charge on any atom is -0.354 e. The lowest BCUT2D eigenvalue weighted by molar-refractivity contribution is 1.27. The second-order valence-electron chi connectivity index (χ2n) is 15.9. The number of aromatic amines is 2. The van der Waals surface area contributed by atoms with E-state index in [0.29, 0.717) is 0 Å². The first kappa shape index (κ1) is 45.0. The predicted octanol–water partition coefficient (Wildman–Crippen LogP) is 17.1. The number of hydrogen-bond acceptors (Lipinski definition) is 6. The smallest absolute Gasteiger partial charge is 0.0738 e. The van der Waals surface area contributed by atoms with Crippen molar-refractivity contribution in [2.45, 2.75) is 33.4 Å². The summed E-state index contributed by atoms with van der Waals surface area (Å²) in [4.78, 5) is 23.9. The average Bonchev–Trinajstić information content (AvgIpc) is 4.19. The highest BCUT2D eigenvalue weighted by Gasteiger charge is 2.23. The van der Waals surface area contributed by atoms with Crippen LogP contribution in [0, 0.1) is 13.8 Å². The van der Waals surface area contributed by atoms with E-state index in [1.54, 1.807) is 47.0 Å². The Labute approximate surface area is 405 Å². The highest BCUT2D eigenvalue weighted by molar-refractivity contribution is 8.01. The van der Waals surface area contributed by atoms with Crippen molar-refractivity contribution in [3.05, 3.63) is 194 Å². The minimum atomic E-state index is 0.771. The zero-order valence-electron chi connectivity index (χ0n) is 37.2. The van der Waals surface area contributed by atoms with E-state index in [4.69, 9.17) is 9.97 Å². The topological polar surface area (TPSA) is 57.4 Å². The molecule has 7 aromatic rings. The molecule has 0 unspecified atom stereocenters. The molecule has 4 nitrogen and oxygen atoms in total. The van der Waals surface area contributed by atoms with Crippen molar-refractivity contribution < 1.29 is 0 Å². The molecular formula is C58H50N4S4. The van der Waals surface area contributed by atoms with Gasteiger partial charge in [-0.3, -0.25) is 0 Å². The standard InChI is InChI=1S/C58H50N4S4/c1-7-33-63-49-13-11-14-50(64-34-8-2)57(49)55-45-29-25-41(59-45)53(39-21-17-37(5)18-22-39)43-27-31-47(61-43)56(58-51(65-35-9-3)15-12-16-52(58)66-36-10-4)48-32-28-44(62-48)54(42-26-30-46(55)60-42)40-23-19-38(6)20-24-40/h7-32,59,62H,1-4,33-36H2,5-6H3. The van der Waals surface area contributed by atoms with Crippen molar-refractivity contribution in [1.29, 1.82) is 0 Å². The first-order valence-electron chi connectivity index (χ1n) is 21.9. The summed E-state index contributed by atoms with van der Waals surface area (Å²) in [5.74, 6) is 3.08. The fraction of sp³-hybridized carbons (Fsp3) is 0.103. The molecule has 326 valence electrons. The van der Waals surface area contributed by atoms with E-state index in [1.165, 1.54) is 11.1 Å². The van der Waals surface area contributed by atoms with E-state index >= 15 is 0 Å². The fourth-order valence-corrected chi connectivity index (χ4v) is 11.8. The van der Waals surface area contributed by atoms with Crippen LogP contribution in [0.25, 0.3) is 90.9 Å². The van der Waals surface area contributed by atoms with Gasteiger partial charge in [0.2, 0.25) is 0 Å². The number of nitrogens with one attached hydrogen (secondary N) is 2. The Bertz CT molecular complexity index is 2960. The van der Waals surface area contributed by atoms with Crippen LogP contribution < -0.4 is 0 Å². The lowest BCUT2D eigenvalue weighted by Crippen LogP contribution is -1.94. The Hall–Kier alpha value is -6.16. The maximum atomic E-state index is 5.63. The van der Waals surface area contributed by atoms with E-state index in [9.17, 15) is 0 Å². The molecule has 5 heterocycles. The zero-order valence-corrected chi connectivity index (χ0v) is 40.5. The third-order valence-electron chi connectivity index (χ3n) is 11.3. The second kappa shape index (κ2) is 20.6. The number of fused-ring (bicyclic) bond motifs is 8. The number of nitrogens with zero attached hydrogens (tertiary/aromatic N) is 2. The Morgan fingerprint density at radius 3 is 0.970 bits per heavy atom. The first-order valence-corrected chi connectivity index (χ1v) is 25.8. The zero-order chi connectivity index (χ0) is 45.6. The van der Waals surface area contributed by atoms with Crippen molar-refractivity contribution in [3.63, 3.8) is 0 Å². The summed E-state index contributed by atoms with van der Waals surface area (Å²) < 4.78 is 0. The Kier molecular flexibility index (Phi) is 14.0. The van der Waals surface area contributed by atoms with Crippen LogP contribution in [0.15, 0.2) is 179 Å². The van der Waals surface area contributed by atoms with E-state index in [1.807, 2.05) is 24.3 Å². The van der Waals surface area contributed by atoms with Gasteiger partial charge in [-0.1, -0.05) is 96.1 Å². The molecule has 0 aliphatic carbocycles. The van der Waals surface area contributed by atoms with E-state index in [2.05, 4.69) is 184 Å². The van der Waals surface area contributed by atoms with Gasteiger partial charge in [0.05, 0.1) is 22.8 Å². The van der Waals surface area contributed by atoms with Gasteiger partial charge in [0, 0.05) is 98.0 Å². The molecule has 0 fully saturated rings. The SMILES string of the molecule is C=CCSc1cccc(SCC=C)c1-c1c2nc(c(-c3ccc(C)cc3)c3ccc([nH]3)c(-c3c(SCC=C)cccc3SCC=C)c3nc(c(-c4ccc(C)cc4)c4ccc1[nH]4)C=C3)C=C2. The van der Waals surface area contributed by atoms with Crippen molar-refractivity contribution in [2.24, 2.45) is 0 Å². The van der Waals surface area contributed by atoms with Crippen molar-refractivity contribution in [1.82, 2.24) is 19.9 Å². The van der Waals surface area contributed by atoms with E-state index < -0.39 is 0 Å². The van der Waals surface area contributed by atoms with Crippen molar-refractivity contribution in [2.75, 3.05) is 23.0 Å². The number of hydrogen-bond donors (Lipinski definition) is 2. The van der Waals surface area contributed by atoms with Gasteiger partial charge >= 0.3 is 0 Å². The van der Waals surface area contributed by atoms with Gasteiger partial charge in [0.15, 0.2) is 0 Å². The lowest BCUT2D eigenvalue weighted by Gasteiger charge is -2.15. The van der Waals surface area contributed by atoms with Crippen LogP contribution in [0.4, 0.5) is 0 Å². The molecule has 8 heteroatoms. The molecule has 2 aliphatic heterocycles. The molecule has 3 aromatic heterocycles. The van der Waals surface area contributed by atoms with Crippen LogP contribution in [0.5, 0.6) is 0 Å². The molecule has 2 N–H and O–H groups in total. The number of rotatable bonds is 16. The molecular weight excluding hydrogens is 881 g/mol. The largest absolute Gasteiger partial charge is 0.354 e. The average molecular weight is 931 g/mol. The number of benzene rings is 4. The summed E-state index contributed by atoms with van der Waals surface area (Å²) in [7, 11) is 0. The lowest BCUT2D eigenvalue weighted by atomic mass is 10.0. The number of aryl methyl sites for hydroxylation is 2. The summed E-state index contributed by atoms with van der Waals surface area (Å²) in [5.41, 5.74) is 18.3. The molecule has 0 spiro atoms. The first-order chi connectivity index (χ1) is 32.4. The van der Waals surface area contributed by atoms with E-state index in [0.717, 1.165) is 132 Å². The van der Waals surface area contributed by atoms with Gasteiger partial charge in [0.1, 0.15) is 0 Å². The molecule has 4 aromatic carbocycles. The molecule has 66 heavy (non-hydrogen) atoms. The Morgan fingerprint density at radius 2 is 0.667 bits per heavy atom. The Morgan fingerprint density at radius 1 is 0.379 bits per heavy atom. The molecule has 0 amide bonds. The predicted molar refractivity (Wildman–Crippen MR) is 294 cm³/mol. The molecule has 0 atom stereocenters. The third kappa shape index (κ3) is 9.29. The minimum absolute atomic E-state index is 0.771. The van der Waals surface area contributed by atoms with Crippen molar-refractivity contribution >= 4 is 93.4 Å². The van der Waals surface area contributed by atoms with Crippen LogP contribution in [-0.4, -0.2) is 42.9 Å². The maximum absolute atomic E-state index is 5.63. The summed E-state index contributed by atoms with van der Waals surface area (Å²) in [6.07, 6.45) is 16.6. The summed E-state index contributed by atoms with van der Waals surface area (Å²) in [5, 5.41) is 0. The summed E-state index contributed by atoms with van der Waals surface area (Å²) >= 11 is 7.15. The van der Waals surface area contributed by atoms with Crippen LogP contribution in [0.3, 0.4) is 0 Å². The highest BCUT2D eigenvalue weighted by atomic mass is 32.2. The number of aromatic nitrogens is 4. The quantitative estimate of drug-likeness (QED) is 0.0744. The third-order valence-corrected chi connectivity index (χ3v) is 15.6. The normalized spacial score (nSPS) is 11.8. The van der Waals surface area contributed by atoms with Gasteiger partial charge in [-0.15, -0.1) is 73.4 Å². The summed E-state index contributed by atoms with van der Waals surface area (Å²) in [6, 6.07) is 39.5. The monoisotopic (exact) mass is 930 g/mol. The van der Waals surface area contributed by atoms with Gasteiger partial charge in [-0.2, -0.15) is 0 Å². The van der Waals surface area contributed by atoms with Crippen LogP contribution in [0.1, 0.15) is 33.9 Å². The van der Waals surface area contributed by atoms with Gasteiger partial charge in [-0.05, 0) is 97.8 Å². The fourth-order valence-electron chi connectivity index (χ4n) is 8.37. The van der Waals surface area contributed by atoms with Gasteiger partial charge in [-0.25, -0.2) is 9.97 Å². The summed E-state index contributed by atoms with van der Waals surface area (Å²) in [6.45, 7) is 20.6. The molecule has 0 radical (unpaired) electrons. The molecule has 2 aliphatic rings.